The molecule has 0 spiro atoms. The van der Waals surface area contributed by atoms with Gasteiger partial charge < -0.3 is 10.1 Å². The van der Waals surface area contributed by atoms with Gasteiger partial charge in [0, 0.05) is 22.5 Å². The van der Waals surface area contributed by atoms with Crippen molar-refractivity contribution in [3.8, 4) is 5.75 Å². The van der Waals surface area contributed by atoms with Gasteiger partial charge in [0.15, 0.2) is 0 Å². The quantitative estimate of drug-likeness (QED) is 0.901. The smallest absolute Gasteiger partial charge is 0.126 e. The first-order valence-corrected chi connectivity index (χ1v) is 6.84. The molecule has 2 nitrogen and oxygen atoms in total. The Morgan fingerprint density at radius 2 is 1.78 bits per heavy atom. The van der Waals surface area contributed by atoms with Crippen LogP contribution in [-0.4, -0.2) is 20.7 Å². The largest absolute Gasteiger partial charge is 0.496 e. The van der Waals surface area contributed by atoms with Crippen LogP contribution in [0, 0.1) is 20.8 Å². The standard InChI is InChI=1S/C15H22ClNO/c1-9-10(2)14(18-5)12(11(3)13(9)16)15(6-7-15)8-17-4/h17H,6-8H2,1-5H3. The fourth-order valence-corrected chi connectivity index (χ4v) is 3.22. The lowest BCUT2D eigenvalue weighted by molar-refractivity contribution is 0.398. The zero-order chi connectivity index (χ0) is 13.5. The average molecular weight is 268 g/mol. The van der Waals surface area contributed by atoms with E-state index in [2.05, 4.69) is 26.1 Å². The van der Waals surface area contributed by atoms with Gasteiger partial charge in [-0.3, -0.25) is 0 Å². The molecule has 1 aromatic carbocycles. The minimum atomic E-state index is 0.228. The third kappa shape index (κ3) is 1.92. The summed E-state index contributed by atoms with van der Waals surface area (Å²) >= 11 is 6.48. The molecule has 0 atom stereocenters. The van der Waals surface area contributed by atoms with E-state index in [-0.39, 0.29) is 5.41 Å². The van der Waals surface area contributed by atoms with Crippen molar-refractivity contribution in [2.45, 2.75) is 39.0 Å². The van der Waals surface area contributed by atoms with E-state index in [1.165, 1.54) is 29.5 Å². The fourth-order valence-electron chi connectivity index (χ4n) is 2.98. The van der Waals surface area contributed by atoms with Crippen molar-refractivity contribution in [1.82, 2.24) is 5.32 Å². The van der Waals surface area contributed by atoms with Crippen LogP contribution in [-0.2, 0) is 5.41 Å². The molecular formula is C15H22ClNO. The predicted molar refractivity (Wildman–Crippen MR) is 77.1 cm³/mol. The Balaban J connectivity index is 2.66. The first kappa shape index (κ1) is 13.7. The zero-order valence-corrected chi connectivity index (χ0v) is 12.7. The molecule has 100 valence electrons. The summed E-state index contributed by atoms with van der Waals surface area (Å²) in [6, 6.07) is 0. The van der Waals surface area contributed by atoms with E-state index in [0.717, 1.165) is 22.9 Å². The van der Waals surface area contributed by atoms with E-state index >= 15 is 0 Å². The lowest BCUT2D eigenvalue weighted by Gasteiger charge is -2.25. The Kier molecular flexibility index (Phi) is 3.61. The minimum Gasteiger partial charge on any atom is -0.496 e. The second-order valence-electron chi connectivity index (χ2n) is 5.41. The number of hydrogen-bond acceptors (Lipinski definition) is 2. The monoisotopic (exact) mass is 267 g/mol. The molecule has 0 saturated heterocycles. The van der Waals surface area contributed by atoms with Crippen LogP contribution in [0.1, 0.15) is 35.1 Å². The van der Waals surface area contributed by atoms with Crippen LogP contribution in [0.2, 0.25) is 5.02 Å². The summed E-state index contributed by atoms with van der Waals surface area (Å²) in [5.41, 5.74) is 5.03. The molecule has 0 radical (unpaired) electrons. The summed E-state index contributed by atoms with van der Waals surface area (Å²) in [6.07, 6.45) is 2.42. The number of methoxy groups -OCH3 is 1. The van der Waals surface area contributed by atoms with E-state index < -0.39 is 0 Å². The number of rotatable bonds is 4. The van der Waals surface area contributed by atoms with Crippen molar-refractivity contribution in [1.29, 1.82) is 0 Å². The number of likely N-dealkylation sites (N-methyl/N-ethyl adjacent to an activating group) is 1. The molecular weight excluding hydrogens is 246 g/mol. The van der Waals surface area contributed by atoms with Crippen molar-refractivity contribution in [3.05, 3.63) is 27.3 Å². The van der Waals surface area contributed by atoms with E-state index in [4.69, 9.17) is 16.3 Å². The Labute approximate surface area is 115 Å². The van der Waals surface area contributed by atoms with Gasteiger partial charge in [-0.1, -0.05) is 11.6 Å². The van der Waals surface area contributed by atoms with E-state index in [1.54, 1.807) is 7.11 Å². The summed E-state index contributed by atoms with van der Waals surface area (Å²) in [6.45, 7) is 7.26. The van der Waals surface area contributed by atoms with Crippen LogP contribution in [0.5, 0.6) is 5.75 Å². The molecule has 1 fully saturated rings. The molecule has 0 amide bonds. The van der Waals surface area contributed by atoms with Gasteiger partial charge in [-0.15, -0.1) is 0 Å². The molecule has 18 heavy (non-hydrogen) atoms. The van der Waals surface area contributed by atoms with Crippen LogP contribution in [0.15, 0.2) is 0 Å². The third-order valence-corrected chi connectivity index (χ3v) is 4.83. The number of ether oxygens (including phenoxy) is 1. The maximum absolute atomic E-state index is 6.48. The van der Waals surface area contributed by atoms with Gasteiger partial charge in [-0.25, -0.2) is 0 Å². The molecule has 0 aliphatic heterocycles. The second kappa shape index (κ2) is 4.75. The molecule has 1 N–H and O–H groups in total. The van der Waals surface area contributed by atoms with E-state index in [1.807, 2.05) is 7.05 Å². The highest BCUT2D eigenvalue weighted by Crippen LogP contribution is 2.54. The van der Waals surface area contributed by atoms with Crippen LogP contribution < -0.4 is 10.1 Å². The number of benzene rings is 1. The van der Waals surface area contributed by atoms with Gasteiger partial charge in [0.05, 0.1) is 7.11 Å². The Morgan fingerprint density at radius 3 is 2.22 bits per heavy atom. The lowest BCUT2D eigenvalue weighted by Crippen LogP contribution is -2.25. The Morgan fingerprint density at radius 1 is 1.17 bits per heavy atom. The fraction of sp³-hybridized carbons (Fsp3) is 0.600. The normalized spacial score (nSPS) is 16.8. The summed E-state index contributed by atoms with van der Waals surface area (Å²) < 4.78 is 5.68. The van der Waals surface area contributed by atoms with Gasteiger partial charge in [0.1, 0.15) is 5.75 Å². The number of hydrogen-bond donors (Lipinski definition) is 1. The SMILES string of the molecule is CNCC1(c2c(C)c(Cl)c(C)c(C)c2OC)CC1. The van der Waals surface area contributed by atoms with Gasteiger partial charge in [0.25, 0.3) is 0 Å². The van der Waals surface area contributed by atoms with Crippen LogP contribution in [0.25, 0.3) is 0 Å². The summed E-state index contributed by atoms with van der Waals surface area (Å²) in [5, 5.41) is 4.20. The molecule has 2 rings (SSSR count). The number of halogens is 1. The highest BCUT2D eigenvalue weighted by atomic mass is 35.5. The lowest BCUT2D eigenvalue weighted by atomic mass is 9.87. The average Bonchev–Trinajstić information content (AvgIpc) is 3.11. The van der Waals surface area contributed by atoms with E-state index in [9.17, 15) is 0 Å². The summed E-state index contributed by atoms with van der Waals surface area (Å²) in [4.78, 5) is 0. The molecule has 0 aromatic heterocycles. The summed E-state index contributed by atoms with van der Waals surface area (Å²) in [7, 11) is 3.76. The van der Waals surface area contributed by atoms with Crippen molar-refractivity contribution in [3.63, 3.8) is 0 Å². The van der Waals surface area contributed by atoms with Crippen molar-refractivity contribution < 1.29 is 4.74 Å². The van der Waals surface area contributed by atoms with Crippen molar-refractivity contribution in [2.24, 2.45) is 0 Å². The van der Waals surface area contributed by atoms with Crippen LogP contribution in [0.4, 0.5) is 0 Å². The van der Waals surface area contributed by atoms with Gasteiger partial charge >= 0.3 is 0 Å². The highest BCUT2D eigenvalue weighted by molar-refractivity contribution is 6.32. The topological polar surface area (TPSA) is 21.3 Å². The number of nitrogens with one attached hydrogen (secondary N) is 1. The molecule has 1 aliphatic rings. The van der Waals surface area contributed by atoms with Crippen LogP contribution in [0.3, 0.4) is 0 Å². The second-order valence-corrected chi connectivity index (χ2v) is 5.79. The van der Waals surface area contributed by atoms with Gasteiger partial charge in [0.2, 0.25) is 0 Å². The zero-order valence-electron chi connectivity index (χ0n) is 11.9. The molecule has 1 aliphatic carbocycles. The summed E-state index contributed by atoms with van der Waals surface area (Å²) in [5.74, 6) is 1.03. The first-order chi connectivity index (χ1) is 8.48. The Bertz CT molecular complexity index is 478. The Hall–Kier alpha value is -0.730. The third-order valence-electron chi connectivity index (χ3n) is 4.27. The molecule has 0 heterocycles. The molecule has 1 aromatic rings. The van der Waals surface area contributed by atoms with E-state index in [0.29, 0.717) is 0 Å². The molecule has 0 unspecified atom stereocenters. The maximum atomic E-state index is 6.48. The van der Waals surface area contributed by atoms with Gasteiger partial charge in [-0.05, 0) is 57.4 Å². The predicted octanol–water partition coefficient (Wildman–Crippen LogP) is 3.52. The van der Waals surface area contributed by atoms with Crippen molar-refractivity contribution in [2.75, 3.05) is 20.7 Å². The minimum absolute atomic E-state index is 0.228. The van der Waals surface area contributed by atoms with Crippen LogP contribution >= 0.6 is 11.6 Å². The first-order valence-electron chi connectivity index (χ1n) is 6.47. The van der Waals surface area contributed by atoms with Gasteiger partial charge in [-0.2, -0.15) is 0 Å². The molecule has 0 bridgehead atoms. The molecule has 1 saturated carbocycles. The highest BCUT2D eigenvalue weighted by Gasteiger charge is 2.47. The maximum Gasteiger partial charge on any atom is 0.126 e. The molecule has 3 heteroatoms. The van der Waals surface area contributed by atoms with Crippen molar-refractivity contribution >= 4 is 11.6 Å².